The number of carbonyl (C=O) groups is 2. The number of rotatable bonds is 3. The van der Waals surface area contributed by atoms with Gasteiger partial charge in [0.2, 0.25) is 0 Å². The number of carbonyl (C=O) groups excluding carboxylic acids is 2. The lowest BCUT2D eigenvalue weighted by Gasteiger charge is -2.21. The number of hydrogen-bond acceptors (Lipinski definition) is 4. The van der Waals surface area contributed by atoms with Crippen LogP contribution in [0, 0.1) is 0 Å². The summed E-state index contributed by atoms with van der Waals surface area (Å²) in [6.45, 7) is 11.3. The van der Waals surface area contributed by atoms with Crippen molar-refractivity contribution in [1.29, 1.82) is 0 Å². The van der Waals surface area contributed by atoms with Gasteiger partial charge < -0.3 is 14.8 Å². The van der Waals surface area contributed by atoms with Crippen molar-refractivity contribution in [3.05, 3.63) is 34.4 Å². The molecule has 0 saturated heterocycles. The van der Waals surface area contributed by atoms with Crippen molar-refractivity contribution in [1.82, 2.24) is 9.88 Å². The van der Waals surface area contributed by atoms with Gasteiger partial charge in [-0.15, -0.1) is 0 Å². The molecule has 0 atom stereocenters. The van der Waals surface area contributed by atoms with Gasteiger partial charge in [-0.2, -0.15) is 0 Å². The van der Waals surface area contributed by atoms with Crippen LogP contribution in [0.4, 0.5) is 9.59 Å². The van der Waals surface area contributed by atoms with Crippen molar-refractivity contribution >= 4 is 39.0 Å². The molecule has 0 fully saturated rings. The first-order valence-corrected chi connectivity index (χ1v) is 9.66. The second-order valence-corrected chi connectivity index (χ2v) is 9.16. The van der Waals surface area contributed by atoms with Crippen LogP contribution in [0.15, 0.2) is 28.7 Å². The van der Waals surface area contributed by atoms with Gasteiger partial charge in [-0.05, 0) is 59.7 Å². The highest BCUT2D eigenvalue weighted by molar-refractivity contribution is 9.10. The predicted molar refractivity (Wildman–Crippen MR) is 109 cm³/mol. The molecule has 1 heterocycles. The van der Waals surface area contributed by atoms with E-state index in [9.17, 15) is 9.59 Å². The van der Waals surface area contributed by atoms with E-state index in [0.29, 0.717) is 13.0 Å². The summed E-state index contributed by atoms with van der Waals surface area (Å²) in [5.41, 5.74) is 0.347. The van der Waals surface area contributed by atoms with Crippen LogP contribution < -0.4 is 5.32 Å². The number of nitrogens with one attached hydrogen (secondary N) is 1. The van der Waals surface area contributed by atoms with E-state index in [2.05, 4.69) is 21.2 Å². The molecule has 1 N–H and O–H groups in total. The van der Waals surface area contributed by atoms with Crippen LogP contribution in [0.2, 0.25) is 0 Å². The van der Waals surface area contributed by atoms with E-state index >= 15 is 0 Å². The first kappa shape index (κ1) is 21.3. The Morgan fingerprint density at radius 2 is 1.70 bits per heavy atom. The lowest BCUT2D eigenvalue weighted by Crippen LogP contribution is -2.34. The number of benzene rings is 1. The summed E-state index contributed by atoms with van der Waals surface area (Å²) in [4.78, 5) is 24.6. The van der Waals surface area contributed by atoms with E-state index in [1.165, 1.54) is 0 Å². The van der Waals surface area contributed by atoms with Crippen LogP contribution in [-0.2, 0) is 15.9 Å². The molecule has 0 bridgehead atoms. The molecule has 0 aliphatic carbocycles. The molecular weight excluding hydrogens is 412 g/mol. The van der Waals surface area contributed by atoms with Crippen molar-refractivity contribution in [2.24, 2.45) is 0 Å². The second-order valence-electron chi connectivity index (χ2n) is 8.30. The fraction of sp³-hybridized carbons (Fsp3) is 0.500. The molecule has 0 radical (unpaired) electrons. The Kier molecular flexibility index (Phi) is 6.24. The summed E-state index contributed by atoms with van der Waals surface area (Å²) in [5.74, 6) is 0. The smallest absolute Gasteiger partial charge is 0.419 e. The Morgan fingerprint density at radius 3 is 2.30 bits per heavy atom. The fourth-order valence-corrected chi connectivity index (χ4v) is 3.03. The van der Waals surface area contributed by atoms with Crippen LogP contribution >= 0.6 is 15.9 Å². The Hall–Kier alpha value is -2.02. The third-order valence-electron chi connectivity index (χ3n) is 3.49. The van der Waals surface area contributed by atoms with Gasteiger partial charge in [0.25, 0.3) is 0 Å². The first-order chi connectivity index (χ1) is 12.4. The number of amides is 1. The Morgan fingerprint density at radius 1 is 1.07 bits per heavy atom. The minimum Gasteiger partial charge on any atom is -0.444 e. The Labute approximate surface area is 168 Å². The minimum absolute atomic E-state index is 0.339. The predicted octanol–water partition coefficient (Wildman–Crippen LogP) is 5.25. The topological polar surface area (TPSA) is 69.6 Å². The normalized spacial score (nSPS) is 12.1. The molecule has 1 aromatic heterocycles. The zero-order valence-electron chi connectivity index (χ0n) is 16.7. The maximum absolute atomic E-state index is 12.8. The third-order valence-corrected chi connectivity index (χ3v) is 4.19. The Balaban J connectivity index is 2.25. The molecule has 0 aliphatic heterocycles. The first-order valence-electron chi connectivity index (χ1n) is 8.86. The minimum atomic E-state index is -0.605. The molecule has 6 nitrogen and oxygen atoms in total. The lowest BCUT2D eigenvalue weighted by atomic mass is 10.2. The number of hydrogen-bond donors (Lipinski definition) is 1. The molecule has 0 unspecified atom stereocenters. The van der Waals surface area contributed by atoms with Crippen LogP contribution in [0.25, 0.3) is 10.9 Å². The van der Waals surface area contributed by atoms with Gasteiger partial charge in [0.1, 0.15) is 11.2 Å². The van der Waals surface area contributed by atoms with Crippen LogP contribution in [0.5, 0.6) is 0 Å². The van der Waals surface area contributed by atoms with Crippen molar-refractivity contribution in [2.75, 3.05) is 6.54 Å². The van der Waals surface area contributed by atoms with Gasteiger partial charge >= 0.3 is 12.2 Å². The van der Waals surface area contributed by atoms with Gasteiger partial charge in [-0.25, -0.2) is 14.2 Å². The molecule has 0 saturated carbocycles. The van der Waals surface area contributed by atoms with Crippen molar-refractivity contribution in [3.63, 3.8) is 0 Å². The standard InChI is InChI=1S/C20H27BrN2O4/c1-19(2,3)26-17(24)22-11-10-13-12-14-15(21)8-7-9-16(14)23(13)18(25)27-20(4,5)6/h7-9,12H,10-11H2,1-6H3,(H,22,24). The molecule has 0 spiro atoms. The summed E-state index contributed by atoms with van der Waals surface area (Å²) in [7, 11) is 0. The average Bonchev–Trinajstić information content (AvgIpc) is 2.83. The number of fused-ring (bicyclic) bond motifs is 1. The fourth-order valence-electron chi connectivity index (χ4n) is 2.56. The van der Waals surface area contributed by atoms with Crippen LogP contribution in [0.3, 0.4) is 0 Å². The maximum Gasteiger partial charge on any atom is 0.419 e. The SMILES string of the molecule is CC(C)(C)OC(=O)NCCc1cc2c(Br)cccc2n1C(=O)OC(C)(C)C. The van der Waals surface area contributed by atoms with E-state index < -0.39 is 23.4 Å². The van der Waals surface area contributed by atoms with E-state index in [0.717, 1.165) is 21.1 Å². The summed E-state index contributed by atoms with van der Waals surface area (Å²) in [6.07, 6.45) is -0.467. The number of alkyl carbamates (subject to hydrolysis) is 1. The largest absolute Gasteiger partial charge is 0.444 e. The molecule has 1 aromatic carbocycles. The monoisotopic (exact) mass is 438 g/mol. The average molecular weight is 439 g/mol. The molecule has 7 heteroatoms. The Bertz CT molecular complexity index is 844. The molecule has 2 rings (SSSR count). The highest BCUT2D eigenvalue weighted by Gasteiger charge is 2.23. The van der Waals surface area contributed by atoms with E-state index in [1.807, 2.05) is 65.8 Å². The summed E-state index contributed by atoms with van der Waals surface area (Å²) < 4.78 is 13.3. The van der Waals surface area contributed by atoms with Crippen molar-refractivity contribution < 1.29 is 19.1 Å². The number of aromatic nitrogens is 1. The molecule has 27 heavy (non-hydrogen) atoms. The van der Waals surface area contributed by atoms with E-state index in [4.69, 9.17) is 9.47 Å². The van der Waals surface area contributed by atoms with E-state index in [1.54, 1.807) is 4.57 Å². The summed E-state index contributed by atoms with van der Waals surface area (Å²) >= 11 is 3.52. The van der Waals surface area contributed by atoms with Crippen molar-refractivity contribution in [2.45, 2.75) is 59.2 Å². The molecule has 0 aliphatic rings. The van der Waals surface area contributed by atoms with Gasteiger partial charge in [-0.1, -0.05) is 22.0 Å². The van der Waals surface area contributed by atoms with Crippen molar-refractivity contribution in [3.8, 4) is 0 Å². The third kappa shape index (κ3) is 5.99. The molecular formula is C20H27BrN2O4. The second kappa shape index (κ2) is 7.92. The van der Waals surface area contributed by atoms with Gasteiger partial charge in [0, 0.05) is 28.5 Å². The van der Waals surface area contributed by atoms with Gasteiger partial charge in [-0.3, -0.25) is 0 Å². The lowest BCUT2D eigenvalue weighted by molar-refractivity contribution is 0.0528. The maximum atomic E-state index is 12.8. The zero-order chi connectivity index (χ0) is 20.4. The highest BCUT2D eigenvalue weighted by Crippen LogP contribution is 2.28. The molecule has 2 aromatic rings. The quantitative estimate of drug-likeness (QED) is 0.709. The van der Waals surface area contributed by atoms with Crippen LogP contribution in [0.1, 0.15) is 47.2 Å². The zero-order valence-corrected chi connectivity index (χ0v) is 18.3. The van der Waals surface area contributed by atoms with E-state index in [-0.39, 0.29) is 0 Å². The summed E-state index contributed by atoms with van der Waals surface area (Å²) in [6, 6.07) is 7.59. The molecule has 148 valence electrons. The van der Waals surface area contributed by atoms with Crippen LogP contribution in [-0.4, -0.2) is 34.5 Å². The summed E-state index contributed by atoms with van der Waals surface area (Å²) in [5, 5.41) is 3.64. The van der Waals surface area contributed by atoms with Gasteiger partial charge in [0.15, 0.2) is 0 Å². The van der Waals surface area contributed by atoms with Gasteiger partial charge in [0.05, 0.1) is 5.52 Å². The number of nitrogens with zero attached hydrogens (tertiary/aromatic N) is 1. The molecule has 1 amide bonds. The number of halogens is 1. The highest BCUT2D eigenvalue weighted by atomic mass is 79.9. The number of ether oxygens (including phenoxy) is 2.